The molecule has 3 aromatic carbocycles. The molecular formula is C21H17N3O5. The molecule has 0 radical (unpaired) electrons. The first-order valence-corrected chi connectivity index (χ1v) is 9.00. The Balaban J connectivity index is 1.82. The Hall–Kier alpha value is -3.78. The summed E-state index contributed by atoms with van der Waals surface area (Å²) in [6.45, 7) is 0. The van der Waals surface area contributed by atoms with Gasteiger partial charge in [-0.15, -0.1) is 0 Å². The molecule has 0 aromatic heterocycles. The first-order valence-electron chi connectivity index (χ1n) is 9.00. The van der Waals surface area contributed by atoms with Crippen molar-refractivity contribution in [2.24, 2.45) is 0 Å². The maximum Gasteiger partial charge on any atom is 0.272 e. The van der Waals surface area contributed by atoms with Gasteiger partial charge in [-0.2, -0.15) is 0 Å². The van der Waals surface area contributed by atoms with E-state index in [1.807, 2.05) is 48.5 Å². The average molecular weight is 391 g/mol. The highest BCUT2D eigenvalue weighted by Gasteiger charge is 2.53. The molecule has 0 bridgehead atoms. The maximum absolute atomic E-state index is 12.1. The number of hydrogen-bond acceptors (Lipinski definition) is 6. The van der Waals surface area contributed by atoms with Crippen LogP contribution < -0.4 is 5.06 Å². The molecule has 0 spiro atoms. The quantitative estimate of drug-likeness (QED) is 0.470. The van der Waals surface area contributed by atoms with Crippen LogP contribution in [0.5, 0.6) is 0 Å². The predicted octanol–water partition coefficient (Wildman–Crippen LogP) is 4.47. The average Bonchev–Trinajstić information content (AvgIpc) is 3.16. The number of nitro benzene ring substituents is 1. The Kier molecular flexibility index (Phi) is 4.92. The van der Waals surface area contributed by atoms with Gasteiger partial charge in [0.2, 0.25) is 0 Å². The van der Waals surface area contributed by atoms with Crippen LogP contribution in [0, 0.1) is 20.2 Å². The highest BCUT2D eigenvalue weighted by Crippen LogP contribution is 2.46. The van der Waals surface area contributed by atoms with E-state index in [-0.39, 0.29) is 10.6 Å². The third-order valence-electron chi connectivity index (χ3n) is 4.94. The van der Waals surface area contributed by atoms with Gasteiger partial charge in [0, 0.05) is 17.1 Å². The fraction of sp³-hybridized carbons (Fsp3) is 0.143. The molecule has 0 N–H and O–H groups in total. The molecular weight excluding hydrogens is 374 g/mol. The number of anilines is 1. The molecule has 0 saturated carbocycles. The van der Waals surface area contributed by atoms with Crippen molar-refractivity contribution in [1.29, 1.82) is 0 Å². The molecule has 3 atom stereocenters. The van der Waals surface area contributed by atoms with Gasteiger partial charge >= 0.3 is 0 Å². The molecule has 4 rings (SSSR count). The van der Waals surface area contributed by atoms with Crippen LogP contribution in [-0.4, -0.2) is 15.9 Å². The van der Waals surface area contributed by atoms with Crippen molar-refractivity contribution < 1.29 is 14.7 Å². The van der Waals surface area contributed by atoms with Gasteiger partial charge in [-0.1, -0.05) is 48.5 Å². The van der Waals surface area contributed by atoms with Crippen LogP contribution in [0.15, 0.2) is 84.9 Å². The molecule has 8 nitrogen and oxygen atoms in total. The summed E-state index contributed by atoms with van der Waals surface area (Å²) in [4.78, 5) is 28.4. The first-order chi connectivity index (χ1) is 14.1. The van der Waals surface area contributed by atoms with E-state index < -0.39 is 23.1 Å². The lowest BCUT2D eigenvalue weighted by atomic mass is 9.92. The third-order valence-corrected chi connectivity index (χ3v) is 4.94. The third kappa shape index (κ3) is 3.53. The van der Waals surface area contributed by atoms with E-state index in [1.165, 1.54) is 17.2 Å². The zero-order valence-electron chi connectivity index (χ0n) is 15.2. The highest BCUT2D eigenvalue weighted by molar-refractivity contribution is 5.49. The van der Waals surface area contributed by atoms with E-state index in [2.05, 4.69) is 0 Å². The molecule has 1 heterocycles. The molecule has 8 heteroatoms. The summed E-state index contributed by atoms with van der Waals surface area (Å²) >= 11 is 0. The topological polar surface area (TPSA) is 98.8 Å². The van der Waals surface area contributed by atoms with Crippen molar-refractivity contribution in [3.05, 3.63) is 116 Å². The van der Waals surface area contributed by atoms with E-state index in [4.69, 9.17) is 4.84 Å². The summed E-state index contributed by atoms with van der Waals surface area (Å²) in [5, 5.41) is 24.6. The molecule has 3 aromatic rings. The van der Waals surface area contributed by atoms with Crippen molar-refractivity contribution in [2.75, 3.05) is 5.06 Å². The number of nitro groups is 2. The molecule has 0 aliphatic carbocycles. The molecule has 0 unspecified atom stereocenters. The Bertz CT molecular complexity index is 1010. The van der Waals surface area contributed by atoms with Crippen LogP contribution in [0.4, 0.5) is 11.4 Å². The van der Waals surface area contributed by atoms with E-state index in [0.29, 0.717) is 16.8 Å². The fourth-order valence-corrected chi connectivity index (χ4v) is 3.60. The van der Waals surface area contributed by atoms with Crippen LogP contribution in [0.3, 0.4) is 0 Å². The van der Waals surface area contributed by atoms with Gasteiger partial charge in [-0.05, 0) is 35.4 Å². The standard InChI is InChI=1S/C21H17N3O5/c25-23(26)18-13-11-15(12-14-18)19-20(24(27)28)21(16-7-3-1-4-8-16)29-22(19)17-9-5-2-6-10-17/h1-14,19-21H/t19-,20-,21+/m0/s1. The van der Waals surface area contributed by atoms with Crippen molar-refractivity contribution in [2.45, 2.75) is 18.2 Å². The number of para-hydroxylation sites is 1. The van der Waals surface area contributed by atoms with Gasteiger partial charge < -0.3 is 0 Å². The van der Waals surface area contributed by atoms with E-state index in [0.717, 1.165) is 0 Å². The SMILES string of the molecule is O=[N+]([O-])c1ccc([C@H]2[C@H]([N+](=O)[O-])[C@@H](c3ccccc3)ON2c2ccccc2)cc1. The Morgan fingerprint density at radius 2 is 1.34 bits per heavy atom. The van der Waals surface area contributed by atoms with Gasteiger partial charge in [0.1, 0.15) is 0 Å². The molecule has 1 saturated heterocycles. The monoisotopic (exact) mass is 391 g/mol. The highest BCUT2D eigenvalue weighted by atomic mass is 16.7. The largest absolute Gasteiger partial charge is 0.272 e. The van der Waals surface area contributed by atoms with Crippen LogP contribution in [0.2, 0.25) is 0 Å². The minimum Gasteiger partial charge on any atom is -0.264 e. The number of hydrogen-bond donors (Lipinski definition) is 0. The Morgan fingerprint density at radius 3 is 1.90 bits per heavy atom. The zero-order valence-corrected chi connectivity index (χ0v) is 15.2. The maximum atomic E-state index is 12.1. The van der Waals surface area contributed by atoms with Crippen LogP contribution >= 0.6 is 0 Å². The summed E-state index contributed by atoms with van der Waals surface area (Å²) in [7, 11) is 0. The molecule has 1 fully saturated rings. The fourth-order valence-electron chi connectivity index (χ4n) is 3.60. The van der Waals surface area contributed by atoms with Crippen LogP contribution in [0.25, 0.3) is 0 Å². The second-order valence-electron chi connectivity index (χ2n) is 6.67. The van der Waals surface area contributed by atoms with Gasteiger partial charge in [-0.3, -0.25) is 25.1 Å². The number of non-ortho nitro benzene ring substituents is 1. The number of hydroxylamine groups is 1. The first kappa shape index (κ1) is 18.6. The van der Waals surface area contributed by atoms with Crippen molar-refractivity contribution >= 4 is 11.4 Å². The second-order valence-corrected chi connectivity index (χ2v) is 6.67. The van der Waals surface area contributed by atoms with Gasteiger partial charge in [-0.25, -0.2) is 5.06 Å². The summed E-state index contributed by atoms with van der Waals surface area (Å²) in [5.41, 5.74) is 1.86. The van der Waals surface area contributed by atoms with Gasteiger partial charge in [0.05, 0.1) is 10.6 Å². The number of benzene rings is 3. The van der Waals surface area contributed by atoms with E-state index in [9.17, 15) is 20.2 Å². The summed E-state index contributed by atoms with van der Waals surface area (Å²) in [6, 6.07) is 22.1. The van der Waals surface area contributed by atoms with E-state index in [1.54, 1.807) is 24.3 Å². The van der Waals surface area contributed by atoms with Crippen molar-refractivity contribution in [1.82, 2.24) is 0 Å². The lowest BCUT2D eigenvalue weighted by molar-refractivity contribution is -0.531. The van der Waals surface area contributed by atoms with Gasteiger partial charge in [0.25, 0.3) is 11.7 Å². The zero-order chi connectivity index (χ0) is 20.4. The number of rotatable bonds is 5. The molecule has 1 aliphatic rings. The molecule has 0 amide bonds. The minimum atomic E-state index is -1.10. The smallest absolute Gasteiger partial charge is 0.264 e. The van der Waals surface area contributed by atoms with Crippen molar-refractivity contribution in [3.63, 3.8) is 0 Å². The second kappa shape index (κ2) is 7.69. The Morgan fingerprint density at radius 1 is 0.759 bits per heavy atom. The molecule has 146 valence electrons. The lowest BCUT2D eigenvalue weighted by Crippen LogP contribution is -2.32. The molecule has 1 aliphatic heterocycles. The Labute approximate surface area is 166 Å². The normalized spacial score (nSPS) is 21.1. The van der Waals surface area contributed by atoms with Crippen LogP contribution in [0.1, 0.15) is 23.3 Å². The summed E-state index contributed by atoms with van der Waals surface area (Å²) in [6.07, 6.45) is -0.799. The predicted molar refractivity (Wildman–Crippen MR) is 106 cm³/mol. The number of nitrogens with zero attached hydrogens (tertiary/aromatic N) is 3. The summed E-state index contributed by atoms with van der Waals surface area (Å²) < 4.78 is 0. The molecule has 29 heavy (non-hydrogen) atoms. The minimum absolute atomic E-state index is 0.0730. The van der Waals surface area contributed by atoms with Gasteiger partial charge in [0.15, 0.2) is 12.1 Å². The van der Waals surface area contributed by atoms with Crippen LogP contribution in [-0.2, 0) is 4.84 Å². The lowest BCUT2D eigenvalue weighted by Gasteiger charge is -2.24. The van der Waals surface area contributed by atoms with E-state index >= 15 is 0 Å². The van der Waals surface area contributed by atoms with Crippen molar-refractivity contribution in [3.8, 4) is 0 Å². The summed E-state index contributed by atoms with van der Waals surface area (Å²) in [5.74, 6) is 0.